The molecular formula is C13H27N3S. The molecule has 0 bridgehead atoms. The van der Waals surface area contributed by atoms with E-state index in [4.69, 9.17) is 5.73 Å². The first kappa shape index (κ1) is 13.7. The summed E-state index contributed by atoms with van der Waals surface area (Å²) in [4.78, 5) is 5.25. The molecule has 17 heavy (non-hydrogen) atoms. The molecule has 2 aliphatic heterocycles. The van der Waals surface area contributed by atoms with Crippen LogP contribution in [-0.4, -0.2) is 65.1 Å². The van der Waals surface area contributed by atoms with E-state index in [9.17, 15) is 0 Å². The summed E-state index contributed by atoms with van der Waals surface area (Å²) >= 11 is 2.09. The molecule has 0 aliphatic carbocycles. The fraction of sp³-hybridized carbons (Fsp3) is 1.00. The van der Waals surface area contributed by atoms with Gasteiger partial charge in [-0.1, -0.05) is 6.92 Å². The maximum absolute atomic E-state index is 6.12. The monoisotopic (exact) mass is 257 g/mol. The van der Waals surface area contributed by atoms with Crippen molar-refractivity contribution in [3.63, 3.8) is 0 Å². The van der Waals surface area contributed by atoms with Crippen LogP contribution in [0.3, 0.4) is 0 Å². The van der Waals surface area contributed by atoms with Crippen LogP contribution in [0.2, 0.25) is 0 Å². The number of thioether (sulfide) groups is 1. The minimum Gasteiger partial charge on any atom is -0.329 e. The topological polar surface area (TPSA) is 32.5 Å². The Morgan fingerprint density at radius 2 is 1.94 bits per heavy atom. The van der Waals surface area contributed by atoms with Gasteiger partial charge in [0.15, 0.2) is 0 Å². The smallest absolute Gasteiger partial charge is 0.0456 e. The van der Waals surface area contributed by atoms with Crippen molar-refractivity contribution in [1.82, 2.24) is 9.80 Å². The fourth-order valence-corrected chi connectivity index (χ4v) is 4.77. The van der Waals surface area contributed by atoms with Crippen LogP contribution in [-0.2, 0) is 0 Å². The molecule has 0 aromatic rings. The highest BCUT2D eigenvalue weighted by Gasteiger charge is 2.45. The maximum Gasteiger partial charge on any atom is 0.0456 e. The first-order chi connectivity index (χ1) is 8.10. The fourth-order valence-electron chi connectivity index (χ4n) is 3.27. The van der Waals surface area contributed by atoms with E-state index in [0.29, 0.717) is 11.3 Å². The van der Waals surface area contributed by atoms with Gasteiger partial charge in [-0.25, -0.2) is 0 Å². The van der Waals surface area contributed by atoms with Gasteiger partial charge >= 0.3 is 0 Å². The van der Waals surface area contributed by atoms with Crippen LogP contribution < -0.4 is 5.73 Å². The molecule has 4 heteroatoms. The van der Waals surface area contributed by atoms with Gasteiger partial charge in [0.1, 0.15) is 0 Å². The molecule has 0 radical (unpaired) electrons. The maximum atomic E-state index is 6.12. The van der Waals surface area contributed by atoms with E-state index in [-0.39, 0.29) is 5.54 Å². The normalized spacial score (nSPS) is 36.9. The van der Waals surface area contributed by atoms with E-state index in [2.05, 4.69) is 42.3 Å². The molecule has 0 amide bonds. The van der Waals surface area contributed by atoms with Gasteiger partial charge in [-0.2, -0.15) is 11.8 Å². The average Bonchev–Trinajstić information content (AvgIpc) is 2.71. The summed E-state index contributed by atoms with van der Waals surface area (Å²) in [6, 6.07) is 0.682. The number of hydrogen-bond donors (Lipinski definition) is 1. The van der Waals surface area contributed by atoms with Crippen molar-refractivity contribution in [2.75, 3.05) is 38.5 Å². The molecule has 0 spiro atoms. The quantitative estimate of drug-likeness (QED) is 0.824. The van der Waals surface area contributed by atoms with Crippen molar-refractivity contribution in [3.8, 4) is 0 Å². The predicted octanol–water partition coefficient (Wildman–Crippen LogP) is 1.24. The van der Waals surface area contributed by atoms with E-state index >= 15 is 0 Å². The largest absolute Gasteiger partial charge is 0.329 e. The zero-order valence-corrected chi connectivity index (χ0v) is 12.3. The molecule has 100 valence electrons. The molecular weight excluding hydrogens is 230 g/mol. The lowest BCUT2D eigenvalue weighted by Crippen LogP contribution is -2.63. The number of nitrogens with two attached hydrogens (primary N) is 1. The molecule has 2 aliphatic rings. The lowest BCUT2D eigenvalue weighted by molar-refractivity contribution is 0.0283. The van der Waals surface area contributed by atoms with Gasteiger partial charge in [0.05, 0.1) is 0 Å². The summed E-state index contributed by atoms with van der Waals surface area (Å²) < 4.78 is 0. The molecule has 2 fully saturated rings. The lowest BCUT2D eigenvalue weighted by Gasteiger charge is -2.48. The molecule has 2 rings (SSSR count). The molecule has 2 atom stereocenters. The highest BCUT2D eigenvalue weighted by atomic mass is 32.2. The molecule has 3 nitrogen and oxygen atoms in total. The Bertz CT molecular complexity index is 251. The zero-order chi connectivity index (χ0) is 12.5. The minimum atomic E-state index is 0.285. The average molecular weight is 257 g/mol. The van der Waals surface area contributed by atoms with Crippen LogP contribution in [0.15, 0.2) is 0 Å². The molecule has 0 saturated carbocycles. The third kappa shape index (κ3) is 2.50. The molecule has 2 heterocycles. The number of rotatable bonds is 3. The minimum absolute atomic E-state index is 0.285. The van der Waals surface area contributed by atoms with E-state index in [1.165, 1.54) is 38.4 Å². The molecule has 2 saturated heterocycles. The number of piperazine rings is 1. The summed E-state index contributed by atoms with van der Waals surface area (Å²) in [7, 11) is 0. The summed E-state index contributed by atoms with van der Waals surface area (Å²) in [5, 5.41) is 0.693. The summed E-state index contributed by atoms with van der Waals surface area (Å²) in [6.45, 7) is 12.6. The SMILES string of the molecule is CC(C)N1CCN(C2(CN)CCSC2C)CC1. The van der Waals surface area contributed by atoms with Gasteiger partial charge in [-0.3, -0.25) is 9.80 Å². The van der Waals surface area contributed by atoms with Gasteiger partial charge in [0.2, 0.25) is 0 Å². The van der Waals surface area contributed by atoms with Crippen LogP contribution in [0, 0.1) is 0 Å². The van der Waals surface area contributed by atoms with Crippen LogP contribution in [0.4, 0.5) is 0 Å². The van der Waals surface area contributed by atoms with Crippen molar-refractivity contribution in [3.05, 3.63) is 0 Å². The van der Waals surface area contributed by atoms with Crippen LogP contribution in [0.1, 0.15) is 27.2 Å². The third-order valence-electron chi connectivity index (χ3n) is 4.69. The van der Waals surface area contributed by atoms with Crippen molar-refractivity contribution >= 4 is 11.8 Å². The highest BCUT2D eigenvalue weighted by Crippen LogP contribution is 2.39. The Balaban J connectivity index is 1.99. The Morgan fingerprint density at radius 1 is 1.29 bits per heavy atom. The Morgan fingerprint density at radius 3 is 2.35 bits per heavy atom. The molecule has 0 aromatic heterocycles. The Kier molecular flexibility index (Phi) is 4.40. The van der Waals surface area contributed by atoms with Crippen LogP contribution in [0.5, 0.6) is 0 Å². The van der Waals surface area contributed by atoms with Gasteiger partial charge < -0.3 is 5.73 Å². The van der Waals surface area contributed by atoms with Crippen molar-refractivity contribution < 1.29 is 0 Å². The Hall–Kier alpha value is 0.230. The zero-order valence-electron chi connectivity index (χ0n) is 11.5. The van der Waals surface area contributed by atoms with E-state index in [0.717, 1.165) is 6.54 Å². The third-order valence-corrected chi connectivity index (χ3v) is 6.07. The second-order valence-corrected chi connectivity index (χ2v) is 7.14. The summed E-state index contributed by atoms with van der Waals surface area (Å²) in [5.74, 6) is 1.28. The predicted molar refractivity (Wildman–Crippen MR) is 76.6 cm³/mol. The standard InChI is InChI=1S/C13H27N3S/c1-11(2)15-5-7-16(8-6-15)13(10-14)4-9-17-12(13)3/h11-12H,4-10,14H2,1-3H3. The van der Waals surface area contributed by atoms with Crippen molar-refractivity contribution in [2.24, 2.45) is 5.73 Å². The van der Waals surface area contributed by atoms with E-state index in [1.54, 1.807) is 0 Å². The number of nitrogens with zero attached hydrogens (tertiary/aromatic N) is 2. The molecule has 2 N–H and O–H groups in total. The van der Waals surface area contributed by atoms with Crippen LogP contribution >= 0.6 is 11.8 Å². The van der Waals surface area contributed by atoms with Crippen molar-refractivity contribution in [2.45, 2.75) is 44.0 Å². The van der Waals surface area contributed by atoms with E-state index in [1.807, 2.05) is 0 Å². The first-order valence-corrected chi connectivity index (χ1v) is 7.96. The van der Waals surface area contributed by atoms with Gasteiger partial charge in [-0.05, 0) is 26.0 Å². The second-order valence-electron chi connectivity index (χ2n) is 5.69. The van der Waals surface area contributed by atoms with E-state index < -0.39 is 0 Å². The molecule has 0 aromatic carbocycles. The van der Waals surface area contributed by atoms with Gasteiger partial charge in [0, 0.05) is 49.6 Å². The first-order valence-electron chi connectivity index (χ1n) is 6.91. The van der Waals surface area contributed by atoms with Gasteiger partial charge in [0.25, 0.3) is 0 Å². The van der Waals surface area contributed by atoms with Crippen LogP contribution in [0.25, 0.3) is 0 Å². The van der Waals surface area contributed by atoms with Gasteiger partial charge in [-0.15, -0.1) is 0 Å². The Labute approximate surface area is 110 Å². The highest BCUT2D eigenvalue weighted by molar-refractivity contribution is 8.00. The second kappa shape index (κ2) is 5.47. The van der Waals surface area contributed by atoms with Crippen molar-refractivity contribution in [1.29, 1.82) is 0 Å². The summed E-state index contributed by atoms with van der Waals surface area (Å²) in [5.41, 5.74) is 6.40. The number of hydrogen-bond acceptors (Lipinski definition) is 4. The lowest BCUT2D eigenvalue weighted by atomic mass is 9.89. The molecule has 2 unspecified atom stereocenters. The summed E-state index contributed by atoms with van der Waals surface area (Å²) in [6.07, 6.45) is 1.27.